The van der Waals surface area contributed by atoms with E-state index in [1.807, 2.05) is 0 Å². The van der Waals surface area contributed by atoms with Gasteiger partial charge in [-0.15, -0.1) is 0 Å². The molecule has 10 heavy (non-hydrogen) atoms. The molecule has 0 amide bonds. The summed E-state index contributed by atoms with van der Waals surface area (Å²) in [4.78, 5) is 20.3. The Hall–Kier alpha value is -1.16. The average molecular weight is 144 g/mol. The lowest BCUT2D eigenvalue weighted by atomic mass is 10.2. The van der Waals surface area contributed by atoms with Crippen LogP contribution < -0.4 is 0 Å². The third-order valence-electron chi connectivity index (χ3n) is 0.898. The second-order valence-corrected chi connectivity index (χ2v) is 1.72. The molecule has 4 heteroatoms. The molecule has 2 N–H and O–H groups in total. The molecule has 0 fully saturated rings. The van der Waals surface area contributed by atoms with Gasteiger partial charge < -0.3 is 10.2 Å². The van der Waals surface area contributed by atoms with Crippen LogP contribution in [0.4, 0.5) is 0 Å². The fourth-order valence-electron chi connectivity index (χ4n) is 0.402. The van der Waals surface area contributed by atoms with Gasteiger partial charge in [0.2, 0.25) is 0 Å². The number of ketones is 1. The molecule has 1 atom stereocenters. The number of hydrogen-bond acceptors (Lipinski definition) is 3. The first-order chi connectivity index (χ1) is 4.57. The number of aliphatic hydroxyl groups is 1. The predicted octanol–water partition coefficient (Wildman–Crippen LogP) is -0.423. The van der Waals surface area contributed by atoms with Crippen molar-refractivity contribution in [1.82, 2.24) is 0 Å². The summed E-state index contributed by atoms with van der Waals surface area (Å²) in [5.41, 5.74) is 0. The Morgan fingerprint density at radius 3 is 2.40 bits per heavy atom. The smallest absolute Gasteiger partial charge is 0.306 e. The van der Waals surface area contributed by atoms with Crippen molar-refractivity contribution in [3.8, 4) is 0 Å². The van der Waals surface area contributed by atoms with Crippen LogP contribution in [0.2, 0.25) is 0 Å². The summed E-state index contributed by atoms with van der Waals surface area (Å²) >= 11 is 0. The Labute approximate surface area is 57.8 Å². The van der Waals surface area contributed by atoms with E-state index >= 15 is 0 Å². The van der Waals surface area contributed by atoms with Crippen LogP contribution in [0.25, 0.3) is 0 Å². The SMILES string of the molecule is C=CC(=O)C(O)CC(=O)O. The van der Waals surface area contributed by atoms with Crippen LogP contribution in [0.15, 0.2) is 12.7 Å². The molecule has 0 saturated carbocycles. The maximum Gasteiger partial charge on any atom is 0.306 e. The van der Waals surface area contributed by atoms with Crippen LogP contribution in [-0.4, -0.2) is 28.1 Å². The Morgan fingerprint density at radius 2 is 2.10 bits per heavy atom. The third kappa shape index (κ3) is 2.99. The second-order valence-electron chi connectivity index (χ2n) is 1.72. The van der Waals surface area contributed by atoms with Crippen molar-refractivity contribution in [2.75, 3.05) is 0 Å². The lowest BCUT2D eigenvalue weighted by Gasteiger charge is -2.00. The van der Waals surface area contributed by atoms with E-state index in [0.717, 1.165) is 6.08 Å². The summed E-state index contributed by atoms with van der Waals surface area (Å²) in [7, 11) is 0. The largest absolute Gasteiger partial charge is 0.481 e. The van der Waals surface area contributed by atoms with Gasteiger partial charge in [0.05, 0.1) is 6.42 Å². The maximum atomic E-state index is 10.4. The number of carbonyl (C=O) groups excluding carboxylic acids is 1. The fourth-order valence-corrected chi connectivity index (χ4v) is 0.402. The monoisotopic (exact) mass is 144 g/mol. The molecule has 1 unspecified atom stereocenters. The topological polar surface area (TPSA) is 74.6 Å². The maximum absolute atomic E-state index is 10.4. The molecule has 0 saturated heterocycles. The van der Waals surface area contributed by atoms with Crippen LogP contribution >= 0.6 is 0 Å². The number of aliphatic carboxylic acids is 1. The molecule has 0 spiro atoms. The van der Waals surface area contributed by atoms with Gasteiger partial charge in [0.15, 0.2) is 5.78 Å². The van der Waals surface area contributed by atoms with E-state index in [1.165, 1.54) is 0 Å². The van der Waals surface area contributed by atoms with Gasteiger partial charge in [-0.2, -0.15) is 0 Å². The number of carbonyl (C=O) groups is 2. The van der Waals surface area contributed by atoms with Crippen LogP contribution in [-0.2, 0) is 9.59 Å². The molecule has 0 aromatic heterocycles. The van der Waals surface area contributed by atoms with Gasteiger partial charge in [0.1, 0.15) is 6.10 Å². The average Bonchev–Trinajstić information content (AvgIpc) is 1.85. The van der Waals surface area contributed by atoms with Crippen molar-refractivity contribution in [3.63, 3.8) is 0 Å². The second kappa shape index (κ2) is 3.79. The Kier molecular flexibility index (Phi) is 3.35. The molecule has 56 valence electrons. The van der Waals surface area contributed by atoms with Gasteiger partial charge >= 0.3 is 5.97 Å². The lowest BCUT2D eigenvalue weighted by Crippen LogP contribution is -2.21. The van der Waals surface area contributed by atoms with Crippen LogP contribution in [0.1, 0.15) is 6.42 Å². The summed E-state index contributed by atoms with van der Waals surface area (Å²) in [5.74, 6) is -1.87. The molecule has 0 aliphatic carbocycles. The van der Waals surface area contributed by atoms with Crippen molar-refractivity contribution in [2.45, 2.75) is 12.5 Å². The summed E-state index contributed by atoms with van der Waals surface area (Å²) in [5, 5.41) is 16.8. The zero-order chi connectivity index (χ0) is 8.15. The Morgan fingerprint density at radius 1 is 1.60 bits per heavy atom. The van der Waals surface area contributed by atoms with Gasteiger partial charge in [0, 0.05) is 0 Å². The molecule has 0 aliphatic rings. The molecule has 0 rings (SSSR count). The Balaban J connectivity index is 3.84. The van der Waals surface area contributed by atoms with Crippen molar-refractivity contribution in [1.29, 1.82) is 0 Å². The summed E-state index contributed by atoms with van der Waals surface area (Å²) in [6.45, 7) is 3.09. The number of aliphatic hydroxyl groups excluding tert-OH is 1. The van der Waals surface area contributed by atoms with E-state index in [0.29, 0.717) is 0 Å². The first kappa shape index (κ1) is 8.84. The van der Waals surface area contributed by atoms with Gasteiger partial charge in [0.25, 0.3) is 0 Å². The predicted molar refractivity (Wildman–Crippen MR) is 33.5 cm³/mol. The molecule has 4 nitrogen and oxygen atoms in total. The van der Waals surface area contributed by atoms with E-state index in [1.54, 1.807) is 0 Å². The number of carboxylic acids is 1. The number of hydrogen-bond donors (Lipinski definition) is 2. The van der Waals surface area contributed by atoms with Crippen molar-refractivity contribution < 1.29 is 19.8 Å². The van der Waals surface area contributed by atoms with Crippen molar-refractivity contribution in [3.05, 3.63) is 12.7 Å². The minimum Gasteiger partial charge on any atom is -0.481 e. The van der Waals surface area contributed by atoms with Crippen LogP contribution in [0.5, 0.6) is 0 Å². The highest BCUT2D eigenvalue weighted by molar-refractivity contribution is 5.94. The minimum atomic E-state index is -1.45. The molecule has 0 aliphatic heterocycles. The molecule has 0 heterocycles. The molecule has 0 radical (unpaired) electrons. The molecular weight excluding hydrogens is 136 g/mol. The Bertz CT molecular complexity index is 161. The third-order valence-corrected chi connectivity index (χ3v) is 0.898. The van der Waals surface area contributed by atoms with E-state index in [4.69, 9.17) is 10.2 Å². The molecular formula is C6H8O4. The normalized spacial score (nSPS) is 12.1. The lowest BCUT2D eigenvalue weighted by molar-refractivity contribution is -0.142. The van der Waals surface area contributed by atoms with E-state index in [9.17, 15) is 9.59 Å². The standard InChI is InChI=1S/C6H8O4/c1-2-4(7)5(8)3-6(9)10/h2,5,8H,1,3H2,(H,9,10). The van der Waals surface area contributed by atoms with Gasteiger partial charge in [-0.3, -0.25) is 9.59 Å². The van der Waals surface area contributed by atoms with Crippen molar-refractivity contribution in [2.24, 2.45) is 0 Å². The highest BCUT2D eigenvalue weighted by atomic mass is 16.4. The van der Waals surface area contributed by atoms with E-state index in [-0.39, 0.29) is 0 Å². The molecule has 0 bridgehead atoms. The first-order valence-electron chi connectivity index (χ1n) is 2.64. The minimum absolute atomic E-state index is 0.565. The van der Waals surface area contributed by atoms with Crippen LogP contribution in [0.3, 0.4) is 0 Å². The summed E-state index contributed by atoms with van der Waals surface area (Å²) < 4.78 is 0. The summed E-state index contributed by atoms with van der Waals surface area (Å²) in [6, 6.07) is 0. The van der Waals surface area contributed by atoms with E-state index in [2.05, 4.69) is 6.58 Å². The fraction of sp³-hybridized carbons (Fsp3) is 0.333. The zero-order valence-corrected chi connectivity index (χ0v) is 5.28. The molecule has 0 aromatic rings. The van der Waals surface area contributed by atoms with Gasteiger partial charge in [-0.05, 0) is 6.08 Å². The highest BCUT2D eigenvalue weighted by Crippen LogP contribution is 1.93. The van der Waals surface area contributed by atoms with Crippen molar-refractivity contribution >= 4 is 11.8 Å². The van der Waals surface area contributed by atoms with Gasteiger partial charge in [-0.1, -0.05) is 6.58 Å². The number of carboxylic acid groups (broad SMARTS) is 1. The zero-order valence-electron chi connectivity index (χ0n) is 5.28. The quantitative estimate of drug-likeness (QED) is 0.525. The first-order valence-corrected chi connectivity index (χ1v) is 2.64. The van der Waals surface area contributed by atoms with E-state index < -0.39 is 24.3 Å². The highest BCUT2D eigenvalue weighted by Gasteiger charge is 2.14. The molecule has 0 aromatic carbocycles. The summed E-state index contributed by atoms with van der Waals surface area (Å²) in [6.07, 6.45) is -1.12. The van der Waals surface area contributed by atoms with Gasteiger partial charge in [-0.25, -0.2) is 0 Å². The van der Waals surface area contributed by atoms with Crippen LogP contribution in [0, 0.1) is 0 Å². The number of rotatable bonds is 4.